The van der Waals surface area contributed by atoms with E-state index in [0.29, 0.717) is 19.8 Å². The zero-order valence-electron chi connectivity index (χ0n) is 13.6. The van der Waals surface area contributed by atoms with Crippen molar-refractivity contribution in [1.82, 2.24) is 0 Å². The lowest BCUT2D eigenvalue weighted by atomic mass is 10.3. The highest BCUT2D eigenvalue weighted by atomic mass is 32.1. The standard InChI is InChI=1S/C15H30O4S2/c1-4-7-10-17-15(13-16-14(20)21,18-11-8-5-2)19-12-9-6-3/h4-13H2,1-3H3,(H,20,21). The lowest BCUT2D eigenvalue weighted by molar-refractivity contribution is -0.389. The van der Waals surface area contributed by atoms with Crippen LogP contribution in [-0.4, -0.2) is 36.8 Å². The monoisotopic (exact) mass is 338 g/mol. The Bertz CT molecular complexity index is 236. The van der Waals surface area contributed by atoms with Crippen LogP contribution >= 0.6 is 24.8 Å². The van der Waals surface area contributed by atoms with Crippen molar-refractivity contribution in [3.63, 3.8) is 0 Å². The lowest BCUT2D eigenvalue weighted by Gasteiger charge is -2.32. The first-order valence-corrected chi connectivity index (χ1v) is 8.73. The van der Waals surface area contributed by atoms with Crippen LogP contribution in [0.5, 0.6) is 0 Å². The molecule has 4 nitrogen and oxygen atoms in total. The molecule has 126 valence electrons. The molecule has 0 heterocycles. The smallest absolute Gasteiger partial charge is 0.319 e. The van der Waals surface area contributed by atoms with Gasteiger partial charge in [-0.15, -0.1) is 0 Å². The quantitative estimate of drug-likeness (QED) is 0.221. The van der Waals surface area contributed by atoms with E-state index >= 15 is 0 Å². The third-order valence-corrected chi connectivity index (χ3v) is 3.08. The van der Waals surface area contributed by atoms with Gasteiger partial charge in [-0.3, -0.25) is 0 Å². The molecule has 0 aliphatic carbocycles. The van der Waals surface area contributed by atoms with Crippen molar-refractivity contribution in [3.8, 4) is 0 Å². The molecule has 0 aromatic heterocycles. The predicted octanol–water partition coefficient (Wildman–Crippen LogP) is 4.32. The first-order chi connectivity index (χ1) is 10.1. The van der Waals surface area contributed by atoms with E-state index in [1.165, 1.54) is 0 Å². The van der Waals surface area contributed by atoms with Crippen molar-refractivity contribution in [2.45, 2.75) is 65.3 Å². The molecule has 0 spiro atoms. The maximum atomic E-state index is 5.85. The summed E-state index contributed by atoms with van der Waals surface area (Å²) in [5.41, 5.74) is 0. The zero-order chi connectivity index (χ0) is 16.0. The van der Waals surface area contributed by atoms with Crippen LogP contribution in [0, 0.1) is 0 Å². The minimum absolute atomic E-state index is 0.104. The van der Waals surface area contributed by atoms with E-state index in [0.717, 1.165) is 38.5 Å². The zero-order valence-corrected chi connectivity index (χ0v) is 15.3. The molecule has 0 atom stereocenters. The van der Waals surface area contributed by atoms with Gasteiger partial charge < -0.3 is 18.9 Å². The Labute approximate surface area is 140 Å². The van der Waals surface area contributed by atoms with Crippen molar-refractivity contribution in [2.24, 2.45) is 0 Å². The van der Waals surface area contributed by atoms with Crippen LogP contribution in [0.3, 0.4) is 0 Å². The maximum Gasteiger partial charge on any atom is 0.319 e. The summed E-state index contributed by atoms with van der Waals surface area (Å²) < 4.78 is 23.0. The maximum absolute atomic E-state index is 5.85. The van der Waals surface area contributed by atoms with Gasteiger partial charge in [0.05, 0.1) is 19.8 Å². The van der Waals surface area contributed by atoms with E-state index in [1.807, 2.05) is 0 Å². The molecule has 0 N–H and O–H groups in total. The predicted molar refractivity (Wildman–Crippen MR) is 92.8 cm³/mol. The molecule has 0 amide bonds. The Hall–Kier alpha value is 0.120. The molecule has 0 fully saturated rings. The van der Waals surface area contributed by atoms with Gasteiger partial charge >= 0.3 is 5.97 Å². The molecule has 0 unspecified atom stereocenters. The van der Waals surface area contributed by atoms with Crippen LogP contribution in [0.4, 0.5) is 0 Å². The highest BCUT2D eigenvalue weighted by Crippen LogP contribution is 2.19. The van der Waals surface area contributed by atoms with Crippen molar-refractivity contribution in [2.75, 3.05) is 26.4 Å². The molecular weight excluding hydrogens is 308 g/mol. The first kappa shape index (κ1) is 21.1. The molecule has 0 aliphatic rings. The SMILES string of the molecule is CCCCOC(COC(=S)S)(OCCCC)OCCCC. The Balaban J connectivity index is 4.64. The van der Waals surface area contributed by atoms with Crippen molar-refractivity contribution in [3.05, 3.63) is 0 Å². The van der Waals surface area contributed by atoms with E-state index in [9.17, 15) is 0 Å². The molecular formula is C15H30O4S2. The van der Waals surface area contributed by atoms with Gasteiger partial charge in [0, 0.05) is 0 Å². The molecule has 0 saturated heterocycles. The van der Waals surface area contributed by atoms with Gasteiger partial charge in [-0.05, 0) is 31.5 Å². The van der Waals surface area contributed by atoms with Crippen LogP contribution < -0.4 is 0 Å². The van der Waals surface area contributed by atoms with Gasteiger partial charge in [0.1, 0.15) is 0 Å². The molecule has 0 radical (unpaired) electrons. The van der Waals surface area contributed by atoms with Crippen molar-refractivity contribution < 1.29 is 18.9 Å². The minimum Gasteiger partial charge on any atom is -0.470 e. The Morgan fingerprint density at radius 3 is 1.52 bits per heavy atom. The fraction of sp³-hybridized carbons (Fsp3) is 0.933. The normalized spacial score (nSPS) is 11.6. The Morgan fingerprint density at radius 1 is 0.857 bits per heavy atom. The van der Waals surface area contributed by atoms with Crippen molar-refractivity contribution >= 4 is 29.2 Å². The summed E-state index contributed by atoms with van der Waals surface area (Å²) in [7, 11) is 0. The molecule has 0 aliphatic heterocycles. The molecule has 0 aromatic rings. The molecule has 6 heteroatoms. The van der Waals surface area contributed by atoms with Crippen LogP contribution in [-0.2, 0) is 18.9 Å². The topological polar surface area (TPSA) is 36.9 Å². The van der Waals surface area contributed by atoms with Crippen LogP contribution in [0.15, 0.2) is 0 Å². The average Bonchev–Trinajstić information content (AvgIpc) is 2.46. The second-order valence-corrected chi connectivity index (χ2v) is 5.92. The highest BCUT2D eigenvalue weighted by molar-refractivity contribution is 8.10. The molecule has 0 rings (SSSR count). The summed E-state index contributed by atoms with van der Waals surface area (Å²) >= 11 is 8.83. The lowest BCUT2D eigenvalue weighted by Crippen LogP contribution is -2.45. The van der Waals surface area contributed by atoms with Gasteiger partial charge in [-0.1, -0.05) is 52.7 Å². The van der Waals surface area contributed by atoms with Gasteiger partial charge in [-0.25, -0.2) is 0 Å². The summed E-state index contributed by atoms with van der Waals surface area (Å²) in [4.78, 5) is 0. The Kier molecular flexibility index (Phi) is 13.8. The van der Waals surface area contributed by atoms with Crippen LogP contribution in [0.25, 0.3) is 0 Å². The number of hydrogen-bond acceptors (Lipinski definition) is 5. The number of unbranched alkanes of at least 4 members (excludes halogenated alkanes) is 3. The number of ether oxygens (including phenoxy) is 4. The van der Waals surface area contributed by atoms with Gasteiger partial charge in [0.25, 0.3) is 0 Å². The minimum atomic E-state index is -1.17. The van der Waals surface area contributed by atoms with E-state index in [4.69, 9.17) is 31.2 Å². The molecule has 21 heavy (non-hydrogen) atoms. The van der Waals surface area contributed by atoms with E-state index in [2.05, 4.69) is 33.4 Å². The molecule has 0 aromatic carbocycles. The molecule has 0 bridgehead atoms. The summed E-state index contributed by atoms with van der Waals surface area (Å²) in [5, 5.41) is 0. The summed E-state index contributed by atoms with van der Waals surface area (Å²) in [6.45, 7) is 8.14. The molecule has 0 saturated carbocycles. The number of thiocarbonyl (C=S) groups is 1. The van der Waals surface area contributed by atoms with Gasteiger partial charge in [-0.2, -0.15) is 0 Å². The van der Waals surface area contributed by atoms with Gasteiger partial charge in [0.15, 0.2) is 6.61 Å². The fourth-order valence-electron chi connectivity index (χ4n) is 1.52. The highest BCUT2D eigenvalue weighted by Gasteiger charge is 2.35. The third-order valence-electron chi connectivity index (χ3n) is 2.83. The third kappa shape index (κ3) is 11.4. The number of hydrogen-bond donors (Lipinski definition) is 1. The largest absolute Gasteiger partial charge is 0.470 e. The Morgan fingerprint density at radius 2 is 1.24 bits per heavy atom. The van der Waals surface area contributed by atoms with Crippen LogP contribution in [0.2, 0.25) is 0 Å². The second kappa shape index (κ2) is 13.8. The second-order valence-electron chi connectivity index (χ2n) is 4.84. The average molecular weight is 339 g/mol. The van der Waals surface area contributed by atoms with Crippen molar-refractivity contribution in [1.29, 1.82) is 0 Å². The van der Waals surface area contributed by atoms with Gasteiger partial charge in [0.2, 0.25) is 4.38 Å². The van der Waals surface area contributed by atoms with E-state index in [1.54, 1.807) is 0 Å². The summed E-state index contributed by atoms with van der Waals surface area (Å²) in [6, 6.07) is 0. The summed E-state index contributed by atoms with van der Waals surface area (Å²) in [6.07, 6.45) is 5.98. The van der Waals surface area contributed by atoms with Crippen LogP contribution in [0.1, 0.15) is 59.3 Å². The van der Waals surface area contributed by atoms with E-state index < -0.39 is 5.97 Å². The first-order valence-electron chi connectivity index (χ1n) is 7.87. The fourth-order valence-corrected chi connectivity index (χ4v) is 1.64. The van der Waals surface area contributed by atoms with E-state index in [-0.39, 0.29) is 11.0 Å². The summed E-state index contributed by atoms with van der Waals surface area (Å²) in [5.74, 6) is -1.17. The number of thiol groups is 1. The number of rotatable bonds is 14.